The molecule has 0 saturated carbocycles. The highest BCUT2D eigenvalue weighted by molar-refractivity contribution is 8.01. The minimum Gasteiger partial charge on any atom is -0.477 e. The third-order valence-electron chi connectivity index (χ3n) is 6.85. The number of aromatic nitrogens is 5. The number of carbonyl (C=O) groups is 4. The van der Waals surface area contributed by atoms with Crippen molar-refractivity contribution < 1.29 is 24.3 Å². The van der Waals surface area contributed by atoms with E-state index in [0.717, 1.165) is 10.5 Å². The van der Waals surface area contributed by atoms with Crippen molar-refractivity contribution in [2.75, 3.05) is 16.8 Å². The van der Waals surface area contributed by atoms with Gasteiger partial charge in [-0.05, 0) is 29.3 Å². The van der Waals surface area contributed by atoms with Crippen LogP contribution in [0.25, 0.3) is 11.0 Å². The van der Waals surface area contributed by atoms with Crippen molar-refractivity contribution in [1.82, 2.24) is 35.2 Å². The summed E-state index contributed by atoms with van der Waals surface area (Å²) in [7, 11) is 1.74. The van der Waals surface area contributed by atoms with Crippen LogP contribution in [0.4, 0.5) is 5.69 Å². The highest BCUT2D eigenvalue weighted by Crippen LogP contribution is 2.41. The predicted molar refractivity (Wildman–Crippen MR) is 156 cm³/mol. The Kier molecular flexibility index (Phi) is 7.43. The Morgan fingerprint density at radius 1 is 1.17 bits per heavy atom. The molecule has 4 heterocycles. The van der Waals surface area contributed by atoms with Gasteiger partial charge < -0.3 is 20.7 Å². The minimum absolute atomic E-state index is 0.0458. The number of amides is 3. The molecule has 0 spiro atoms. The molecular formula is C27H24N8O5S2. The molecule has 2 atom stereocenters. The van der Waals surface area contributed by atoms with Gasteiger partial charge >= 0.3 is 5.97 Å². The summed E-state index contributed by atoms with van der Waals surface area (Å²) in [6.45, 7) is 0. The zero-order chi connectivity index (χ0) is 29.4. The molecular weight excluding hydrogens is 580 g/mol. The number of imidazole rings is 1. The molecule has 42 heavy (non-hydrogen) atoms. The van der Waals surface area contributed by atoms with E-state index in [4.69, 9.17) is 0 Å². The Morgan fingerprint density at radius 2 is 1.95 bits per heavy atom. The molecule has 2 aliphatic heterocycles. The number of hydrogen-bond acceptors (Lipinski definition) is 9. The number of H-pyrrole nitrogens is 1. The van der Waals surface area contributed by atoms with Crippen molar-refractivity contribution in [1.29, 1.82) is 0 Å². The molecule has 2 aromatic carbocycles. The number of hydrogen-bond donors (Lipinski definition) is 4. The van der Waals surface area contributed by atoms with Crippen LogP contribution in [-0.4, -0.2) is 81.6 Å². The molecule has 1 saturated heterocycles. The molecule has 4 N–H and O–H groups in total. The van der Waals surface area contributed by atoms with Crippen LogP contribution in [0.1, 0.15) is 16.2 Å². The molecule has 2 aliphatic rings. The maximum Gasteiger partial charge on any atom is 0.352 e. The lowest BCUT2D eigenvalue weighted by atomic mass is 10.0. The van der Waals surface area contributed by atoms with E-state index in [9.17, 15) is 24.3 Å². The molecule has 4 aromatic rings. The van der Waals surface area contributed by atoms with Gasteiger partial charge in [0.25, 0.3) is 11.8 Å². The topological polar surface area (TPSA) is 175 Å². The smallest absolute Gasteiger partial charge is 0.352 e. The number of carboxylic acid groups (broad SMARTS) is 1. The van der Waals surface area contributed by atoms with Crippen LogP contribution >= 0.6 is 23.5 Å². The van der Waals surface area contributed by atoms with E-state index in [1.807, 2.05) is 18.2 Å². The van der Waals surface area contributed by atoms with Gasteiger partial charge in [0.1, 0.15) is 22.1 Å². The molecule has 0 radical (unpaired) electrons. The number of rotatable bonds is 9. The second-order valence-corrected chi connectivity index (χ2v) is 11.7. The normalized spacial score (nSPS) is 18.0. The first-order chi connectivity index (χ1) is 20.3. The molecule has 15 heteroatoms. The second kappa shape index (κ2) is 11.3. The lowest BCUT2D eigenvalue weighted by Crippen LogP contribution is -2.70. The number of aliphatic carboxylic acids is 1. The van der Waals surface area contributed by atoms with Crippen molar-refractivity contribution >= 4 is 63.9 Å². The standard InChI is InChI=1S/C27H24N8O5S2/c1-34-20(11-28-33-34)41-12-15-13-42-26-21(25(38)35(26)22(15)27(39)40)32-19(36)10-14-6-2-3-7-16(14)31-24(37)23-29-17-8-4-5-9-18(17)30-23/h2-9,11,21,26H,10,12-13H2,1H3,(H,29,30)(H,31,37)(H,32,36)(H,39,40)/t21?,26-/m1/s1. The van der Waals surface area contributed by atoms with Crippen molar-refractivity contribution in [3.8, 4) is 0 Å². The highest BCUT2D eigenvalue weighted by atomic mass is 32.2. The van der Waals surface area contributed by atoms with E-state index in [-0.39, 0.29) is 17.9 Å². The molecule has 2 aromatic heterocycles. The number of thioether (sulfide) groups is 2. The number of carbonyl (C=O) groups excluding carboxylic acids is 3. The Hall–Kier alpha value is -4.63. The first kappa shape index (κ1) is 27.5. The van der Waals surface area contributed by atoms with Gasteiger partial charge in [0.15, 0.2) is 5.82 Å². The third kappa shape index (κ3) is 5.23. The van der Waals surface area contributed by atoms with E-state index in [1.165, 1.54) is 28.4 Å². The Bertz CT molecular complexity index is 1730. The Balaban J connectivity index is 1.11. The zero-order valence-electron chi connectivity index (χ0n) is 22.1. The van der Waals surface area contributed by atoms with Crippen molar-refractivity contribution in [3.63, 3.8) is 0 Å². The van der Waals surface area contributed by atoms with Crippen LogP contribution in [0, 0.1) is 0 Å². The van der Waals surface area contributed by atoms with Crippen LogP contribution in [-0.2, 0) is 27.9 Å². The van der Waals surface area contributed by atoms with Crippen LogP contribution in [0.5, 0.6) is 0 Å². The van der Waals surface area contributed by atoms with E-state index in [2.05, 4.69) is 30.9 Å². The van der Waals surface area contributed by atoms with Gasteiger partial charge in [-0.1, -0.05) is 35.5 Å². The Labute approximate surface area is 247 Å². The summed E-state index contributed by atoms with van der Waals surface area (Å²) in [6, 6.07) is 13.3. The largest absolute Gasteiger partial charge is 0.477 e. The number of aromatic amines is 1. The van der Waals surface area contributed by atoms with Crippen LogP contribution < -0.4 is 10.6 Å². The lowest BCUT2D eigenvalue weighted by molar-refractivity contribution is -0.150. The molecule has 0 aliphatic carbocycles. The number of para-hydroxylation sites is 3. The van der Waals surface area contributed by atoms with Gasteiger partial charge in [-0.3, -0.25) is 19.3 Å². The first-order valence-electron chi connectivity index (χ1n) is 12.8. The van der Waals surface area contributed by atoms with Crippen LogP contribution in [0.3, 0.4) is 0 Å². The molecule has 214 valence electrons. The van der Waals surface area contributed by atoms with Crippen molar-refractivity contribution in [2.45, 2.75) is 22.9 Å². The maximum absolute atomic E-state index is 13.1. The molecule has 3 amide bonds. The summed E-state index contributed by atoms with van der Waals surface area (Å²) < 4.78 is 1.59. The number of aryl methyl sites for hydroxylation is 1. The summed E-state index contributed by atoms with van der Waals surface area (Å²) in [6.07, 6.45) is 1.49. The van der Waals surface area contributed by atoms with Gasteiger partial charge in [0.2, 0.25) is 5.91 Å². The van der Waals surface area contributed by atoms with Gasteiger partial charge in [-0.2, -0.15) is 0 Å². The summed E-state index contributed by atoms with van der Waals surface area (Å²) >= 11 is 2.79. The second-order valence-electron chi connectivity index (χ2n) is 9.59. The number of benzene rings is 2. The third-order valence-corrected chi connectivity index (χ3v) is 9.35. The van der Waals surface area contributed by atoms with Gasteiger partial charge in [-0.15, -0.1) is 28.6 Å². The number of nitrogens with zero attached hydrogens (tertiary/aromatic N) is 5. The lowest BCUT2D eigenvalue weighted by Gasteiger charge is -2.49. The number of fused-ring (bicyclic) bond motifs is 2. The van der Waals surface area contributed by atoms with E-state index in [0.29, 0.717) is 33.8 Å². The summed E-state index contributed by atoms with van der Waals surface area (Å²) in [5.41, 5.74) is 2.95. The van der Waals surface area contributed by atoms with E-state index in [1.54, 1.807) is 48.3 Å². The fourth-order valence-electron chi connectivity index (χ4n) is 4.80. The average Bonchev–Trinajstić information content (AvgIpc) is 3.61. The number of anilines is 1. The van der Waals surface area contributed by atoms with Gasteiger partial charge in [0.05, 0.1) is 23.7 Å². The number of nitrogens with one attached hydrogen (secondary N) is 3. The zero-order valence-corrected chi connectivity index (χ0v) is 23.7. The number of β-lactam (4-membered cyclic amide) rings is 1. The fraction of sp³-hybridized carbons (Fsp3) is 0.222. The molecule has 0 bridgehead atoms. The SMILES string of the molecule is Cn1nncc1SCC1=C(C(=O)O)N2C(=O)C(NC(=O)Cc3ccccc3NC(=O)c3nc4ccccc4[nH]3)[C@H]2SC1. The summed E-state index contributed by atoms with van der Waals surface area (Å²) in [5, 5.41) is 23.4. The molecule has 6 rings (SSSR count). The van der Waals surface area contributed by atoms with Crippen LogP contribution in [0.15, 0.2) is 71.0 Å². The fourth-order valence-corrected chi connectivity index (χ4v) is 7.18. The Morgan fingerprint density at radius 3 is 2.71 bits per heavy atom. The molecule has 13 nitrogen and oxygen atoms in total. The van der Waals surface area contributed by atoms with Gasteiger partial charge in [0, 0.05) is 24.2 Å². The monoisotopic (exact) mass is 604 g/mol. The van der Waals surface area contributed by atoms with E-state index < -0.39 is 35.1 Å². The molecule has 1 unspecified atom stereocenters. The van der Waals surface area contributed by atoms with Crippen molar-refractivity contribution in [3.05, 3.63) is 77.4 Å². The predicted octanol–water partition coefficient (Wildman–Crippen LogP) is 2.02. The minimum atomic E-state index is -1.19. The summed E-state index contributed by atoms with van der Waals surface area (Å²) in [5.74, 6) is -1.64. The van der Waals surface area contributed by atoms with Crippen LogP contribution in [0.2, 0.25) is 0 Å². The van der Waals surface area contributed by atoms with Crippen molar-refractivity contribution in [2.24, 2.45) is 7.05 Å². The van der Waals surface area contributed by atoms with E-state index >= 15 is 0 Å². The highest BCUT2D eigenvalue weighted by Gasteiger charge is 2.54. The maximum atomic E-state index is 13.1. The first-order valence-corrected chi connectivity index (χ1v) is 14.8. The number of carboxylic acids is 1. The van der Waals surface area contributed by atoms with Gasteiger partial charge in [-0.25, -0.2) is 14.5 Å². The average molecular weight is 605 g/mol. The molecule has 1 fully saturated rings. The quantitative estimate of drug-likeness (QED) is 0.163. The summed E-state index contributed by atoms with van der Waals surface area (Å²) in [4.78, 5) is 59.7.